The van der Waals surface area contributed by atoms with Crippen LogP contribution < -0.4 is 5.32 Å². The van der Waals surface area contributed by atoms with Crippen molar-refractivity contribution in [2.75, 3.05) is 0 Å². The van der Waals surface area contributed by atoms with Crippen molar-refractivity contribution in [3.8, 4) is 0 Å². The second-order valence-corrected chi connectivity index (χ2v) is 7.01. The first kappa shape index (κ1) is 20.4. The van der Waals surface area contributed by atoms with Crippen molar-refractivity contribution in [2.45, 2.75) is 52.1 Å². The number of unbranched alkanes of at least 4 members (excludes halogenated alkanes) is 1. The molecule has 2 nitrogen and oxygen atoms in total. The number of hydrogen-bond donors (Lipinski definition) is 1. The minimum absolute atomic E-state index is 0. The molecule has 1 N–H and O–H groups in total. The summed E-state index contributed by atoms with van der Waals surface area (Å²) in [5.74, 6) is 0. The van der Waals surface area contributed by atoms with Gasteiger partial charge in [-0.1, -0.05) is 42.8 Å². The van der Waals surface area contributed by atoms with E-state index in [4.69, 9.17) is 0 Å². The summed E-state index contributed by atoms with van der Waals surface area (Å²) in [5, 5.41) is 6.13. The number of rotatable bonds is 8. The summed E-state index contributed by atoms with van der Waals surface area (Å²) in [7, 11) is 0. The van der Waals surface area contributed by atoms with Gasteiger partial charge in [0.15, 0.2) is 0 Å². The number of aromatic nitrogens is 1. The molecule has 3 aromatic rings. The lowest BCUT2D eigenvalue weighted by Crippen LogP contribution is -2.25. The van der Waals surface area contributed by atoms with E-state index in [9.17, 15) is 0 Å². The Morgan fingerprint density at radius 2 is 1.85 bits per heavy atom. The number of aryl methyl sites for hydroxylation is 2. The molecule has 0 aliphatic carbocycles. The van der Waals surface area contributed by atoms with Crippen LogP contribution in [-0.4, -0.2) is 11.0 Å². The SMILES string of the molecule is Cc1ccccc1CCCC[C@@H](C)NCc1ccc2cnccc2c1.Cl. The first-order valence-electron chi connectivity index (χ1n) is 9.33. The fourth-order valence-electron chi connectivity index (χ4n) is 3.29. The van der Waals surface area contributed by atoms with E-state index in [1.807, 2.05) is 12.4 Å². The Kier molecular flexibility index (Phi) is 8.08. The number of fused-ring (bicyclic) bond motifs is 1. The van der Waals surface area contributed by atoms with Gasteiger partial charge in [-0.25, -0.2) is 0 Å². The van der Waals surface area contributed by atoms with E-state index in [1.165, 1.54) is 53.1 Å². The molecule has 0 aliphatic heterocycles. The van der Waals surface area contributed by atoms with E-state index in [-0.39, 0.29) is 12.4 Å². The largest absolute Gasteiger partial charge is 0.310 e. The number of pyridine rings is 1. The zero-order valence-corrected chi connectivity index (χ0v) is 16.6. The van der Waals surface area contributed by atoms with Crippen molar-refractivity contribution in [3.05, 3.63) is 77.6 Å². The summed E-state index contributed by atoms with van der Waals surface area (Å²) in [6.45, 7) is 5.43. The van der Waals surface area contributed by atoms with E-state index < -0.39 is 0 Å². The molecule has 0 saturated heterocycles. The number of nitrogens with one attached hydrogen (secondary N) is 1. The van der Waals surface area contributed by atoms with Crippen molar-refractivity contribution in [2.24, 2.45) is 0 Å². The topological polar surface area (TPSA) is 24.9 Å². The second kappa shape index (κ2) is 10.3. The van der Waals surface area contributed by atoms with Gasteiger partial charge in [0.1, 0.15) is 0 Å². The number of halogens is 1. The van der Waals surface area contributed by atoms with E-state index in [0.717, 1.165) is 6.54 Å². The molecule has 0 amide bonds. The molecule has 1 atom stereocenters. The third-order valence-corrected chi connectivity index (χ3v) is 4.95. The summed E-state index contributed by atoms with van der Waals surface area (Å²) in [5.41, 5.74) is 4.25. The third kappa shape index (κ3) is 5.82. The average Bonchev–Trinajstić information content (AvgIpc) is 2.64. The van der Waals surface area contributed by atoms with Crippen LogP contribution in [0.2, 0.25) is 0 Å². The number of benzene rings is 2. The molecule has 1 aromatic heterocycles. The molecule has 1 heterocycles. The Balaban J connectivity index is 0.00000243. The van der Waals surface area contributed by atoms with Crippen molar-refractivity contribution in [1.29, 1.82) is 0 Å². The van der Waals surface area contributed by atoms with Crippen LogP contribution in [0.3, 0.4) is 0 Å². The minimum Gasteiger partial charge on any atom is -0.310 e. The highest BCUT2D eigenvalue weighted by atomic mass is 35.5. The summed E-state index contributed by atoms with van der Waals surface area (Å²) in [6.07, 6.45) is 8.73. The van der Waals surface area contributed by atoms with E-state index >= 15 is 0 Å². The Bertz CT molecular complexity index is 816. The van der Waals surface area contributed by atoms with Gasteiger partial charge in [0, 0.05) is 30.4 Å². The first-order chi connectivity index (χ1) is 12.2. The maximum atomic E-state index is 4.17. The quantitative estimate of drug-likeness (QED) is 0.504. The summed E-state index contributed by atoms with van der Waals surface area (Å²) >= 11 is 0. The second-order valence-electron chi connectivity index (χ2n) is 7.01. The van der Waals surface area contributed by atoms with Crippen molar-refractivity contribution in [1.82, 2.24) is 10.3 Å². The molecule has 2 aromatic carbocycles. The van der Waals surface area contributed by atoms with E-state index in [0.29, 0.717) is 6.04 Å². The fraction of sp³-hybridized carbons (Fsp3) is 0.348. The van der Waals surface area contributed by atoms with Gasteiger partial charge in [0.05, 0.1) is 0 Å². The molecule has 0 unspecified atom stereocenters. The molecule has 3 heteroatoms. The van der Waals surface area contributed by atoms with Crippen LogP contribution in [0.5, 0.6) is 0 Å². The first-order valence-corrected chi connectivity index (χ1v) is 9.33. The highest BCUT2D eigenvalue weighted by Crippen LogP contribution is 2.15. The molecule has 0 aliphatic rings. The Morgan fingerprint density at radius 3 is 2.69 bits per heavy atom. The van der Waals surface area contributed by atoms with Crippen LogP contribution in [-0.2, 0) is 13.0 Å². The summed E-state index contributed by atoms with van der Waals surface area (Å²) in [4.78, 5) is 4.17. The fourth-order valence-corrected chi connectivity index (χ4v) is 3.29. The maximum absolute atomic E-state index is 4.17. The van der Waals surface area contributed by atoms with Crippen molar-refractivity contribution < 1.29 is 0 Å². The van der Waals surface area contributed by atoms with Crippen LogP contribution in [0.25, 0.3) is 10.8 Å². The molecule has 3 rings (SSSR count). The van der Waals surface area contributed by atoms with Gasteiger partial charge in [0.2, 0.25) is 0 Å². The van der Waals surface area contributed by atoms with E-state index in [2.05, 4.69) is 72.7 Å². The molecule has 0 radical (unpaired) electrons. The molecule has 0 spiro atoms. The molecular formula is C23H29ClN2. The lowest BCUT2D eigenvalue weighted by Gasteiger charge is -2.14. The standard InChI is InChI=1S/C23H28N2.ClH/c1-18-7-3-5-9-21(18)10-6-4-8-19(2)25-16-20-11-12-23-17-24-14-13-22(23)15-20;/h3,5,7,9,11-15,17,19,25H,4,6,8,10,16H2,1-2H3;1H/t19-;/m1./s1. The monoisotopic (exact) mass is 368 g/mol. The third-order valence-electron chi connectivity index (χ3n) is 4.95. The van der Waals surface area contributed by atoms with Crippen LogP contribution >= 0.6 is 12.4 Å². The van der Waals surface area contributed by atoms with E-state index in [1.54, 1.807) is 0 Å². The van der Waals surface area contributed by atoms with Gasteiger partial charge >= 0.3 is 0 Å². The lowest BCUT2D eigenvalue weighted by molar-refractivity contribution is 0.489. The van der Waals surface area contributed by atoms with Crippen LogP contribution in [0.1, 0.15) is 42.9 Å². The maximum Gasteiger partial charge on any atom is 0.0346 e. The molecule has 0 saturated carbocycles. The predicted octanol–water partition coefficient (Wildman–Crippen LogP) is 5.86. The number of hydrogen-bond acceptors (Lipinski definition) is 2. The highest BCUT2D eigenvalue weighted by Gasteiger charge is 2.03. The van der Waals surface area contributed by atoms with Gasteiger partial charge in [-0.05, 0) is 67.3 Å². The summed E-state index contributed by atoms with van der Waals surface area (Å²) in [6, 6.07) is 18.0. The molecule has 138 valence electrons. The van der Waals surface area contributed by atoms with Crippen LogP contribution in [0.15, 0.2) is 60.9 Å². The van der Waals surface area contributed by atoms with Gasteiger partial charge in [-0.2, -0.15) is 0 Å². The molecule has 0 bridgehead atoms. The zero-order valence-electron chi connectivity index (χ0n) is 15.7. The summed E-state index contributed by atoms with van der Waals surface area (Å²) < 4.78 is 0. The smallest absolute Gasteiger partial charge is 0.0346 e. The highest BCUT2D eigenvalue weighted by molar-refractivity contribution is 5.85. The van der Waals surface area contributed by atoms with Gasteiger partial charge in [-0.15, -0.1) is 12.4 Å². The predicted molar refractivity (Wildman–Crippen MR) is 114 cm³/mol. The van der Waals surface area contributed by atoms with Crippen LogP contribution in [0, 0.1) is 6.92 Å². The minimum atomic E-state index is 0. The Morgan fingerprint density at radius 1 is 1.00 bits per heavy atom. The van der Waals surface area contributed by atoms with Crippen molar-refractivity contribution in [3.63, 3.8) is 0 Å². The Hall–Kier alpha value is -1.90. The van der Waals surface area contributed by atoms with Gasteiger partial charge < -0.3 is 5.32 Å². The molecule has 0 fully saturated rings. The molecular weight excluding hydrogens is 340 g/mol. The zero-order chi connectivity index (χ0) is 17.5. The van der Waals surface area contributed by atoms with Crippen molar-refractivity contribution >= 4 is 23.2 Å². The Labute approximate surface area is 163 Å². The normalized spacial score (nSPS) is 11.9. The number of nitrogens with zero attached hydrogens (tertiary/aromatic N) is 1. The molecule has 26 heavy (non-hydrogen) atoms. The average molecular weight is 369 g/mol. The van der Waals surface area contributed by atoms with Gasteiger partial charge in [-0.3, -0.25) is 4.98 Å². The van der Waals surface area contributed by atoms with Crippen LogP contribution in [0.4, 0.5) is 0 Å². The lowest BCUT2D eigenvalue weighted by atomic mass is 10.0. The van der Waals surface area contributed by atoms with Gasteiger partial charge in [0.25, 0.3) is 0 Å².